The molecule has 0 bridgehead atoms. The minimum Gasteiger partial charge on any atom is -0.367 e. The zero-order valence-corrected chi connectivity index (χ0v) is 11.1. The van der Waals surface area contributed by atoms with Gasteiger partial charge in [-0.2, -0.15) is 5.26 Å². The smallest absolute Gasteiger partial charge is 0.125 e. The fourth-order valence-corrected chi connectivity index (χ4v) is 2.24. The van der Waals surface area contributed by atoms with Gasteiger partial charge in [0.15, 0.2) is 0 Å². The van der Waals surface area contributed by atoms with Crippen LogP contribution < -0.4 is 5.32 Å². The molecule has 2 nitrogen and oxygen atoms in total. The molecule has 0 fully saturated rings. The third-order valence-electron chi connectivity index (χ3n) is 2.97. The number of anilines is 1. The molecule has 0 aliphatic heterocycles. The van der Waals surface area contributed by atoms with E-state index in [9.17, 15) is 5.26 Å². The largest absolute Gasteiger partial charge is 0.367 e. The average Bonchev–Trinajstić information content (AvgIpc) is 2.29. The Balaban J connectivity index is 2.89. The maximum atomic E-state index is 9.46. The Labute approximate surface area is 105 Å². The van der Waals surface area contributed by atoms with Gasteiger partial charge in [-0.25, -0.2) is 0 Å². The van der Waals surface area contributed by atoms with Crippen molar-refractivity contribution >= 4 is 5.69 Å². The molecule has 1 aromatic rings. The lowest BCUT2D eigenvalue weighted by Crippen LogP contribution is -2.36. The van der Waals surface area contributed by atoms with Crippen LogP contribution in [-0.4, -0.2) is 5.54 Å². The fraction of sp³-hybridized carbons (Fsp3) is 0.533. The first-order valence-corrected chi connectivity index (χ1v) is 6.42. The number of nitrogens with one attached hydrogen (secondary N) is 1. The fourth-order valence-electron chi connectivity index (χ4n) is 2.24. The van der Waals surface area contributed by atoms with E-state index in [1.807, 2.05) is 12.1 Å². The lowest BCUT2D eigenvalue weighted by molar-refractivity contribution is 0.487. The first-order chi connectivity index (χ1) is 8.15. The van der Waals surface area contributed by atoms with Crippen LogP contribution in [0.25, 0.3) is 0 Å². The van der Waals surface area contributed by atoms with Gasteiger partial charge in [0, 0.05) is 5.69 Å². The van der Waals surface area contributed by atoms with Crippen LogP contribution in [0.3, 0.4) is 0 Å². The molecule has 0 aliphatic carbocycles. The number of benzene rings is 1. The van der Waals surface area contributed by atoms with Crippen molar-refractivity contribution < 1.29 is 0 Å². The van der Waals surface area contributed by atoms with Crippen molar-refractivity contribution in [2.45, 2.75) is 52.0 Å². The number of hydrogen-bond donors (Lipinski definition) is 1. The van der Waals surface area contributed by atoms with Gasteiger partial charge in [0.05, 0.1) is 6.07 Å². The Morgan fingerprint density at radius 3 is 2.35 bits per heavy atom. The van der Waals surface area contributed by atoms with Crippen molar-refractivity contribution in [1.29, 1.82) is 5.26 Å². The van der Waals surface area contributed by atoms with Crippen LogP contribution >= 0.6 is 0 Å². The van der Waals surface area contributed by atoms with Gasteiger partial charge in [-0.05, 0) is 37.5 Å². The molecule has 1 rings (SSSR count). The number of nitrogens with zero attached hydrogens (tertiary/aromatic N) is 1. The normalized spacial score (nSPS) is 10.9. The van der Waals surface area contributed by atoms with Crippen molar-refractivity contribution in [1.82, 2.24) is 0 Å². The van der Waals surface area contributed by atoms with Crippen LogP contribution in [0.1, 0.15) is 45.1 Å². The van der Waals surface area contributed by atoms with E-state index in [1.165, 1.54) is 5.56 Å². The van der Waals surface area contributed by atoms with E-state index in [4.69, 9.17) is 0 Å². The predicted octanol–water partition coefficient (Wildman–Crippen LogP) is 4.27. The molecule has 0 aromatic heterocycles. The van der Waals surface area contributed by atoms with Crippen LogP contribution in [-0.2, 0) is 0 Å². The van der Waals surface area contributed by atoms with Crippen LogP contribution in [0.2, 0.25) is 0 Å². The van der Waals surface area contributed by atoms with Crippen molar-refractivity contribution in [3.63, 3.8) is 0 Å². The van der Waals surface area contributed by atoms with E-state index in [0.717, 1.165) is 31.4 Å². The molecule has 0 heterocycles. The predicted molar refractivity (Wildman–Crippen MR) is 73.0 cm³/mol. The highest BCUT2D eigenvalue weighted by molar-refractivity contribution is 5.49. The summed E-state index contributed by atoms with van der Waals surface area (Å²) < 4.78 is 0. The highest BCUT2D eigenvalue weighted by Crippen LogP contribution is 2.25. The molecule has 0 saturated carbocycles. The standard InChI is InChI=1S/C15H22N2/c1-4-9-15(12-16,10-5-2)17-14-8-6-7-13(3)11-14/h6-8,11,17H,4-5,9-10H2,1-3H3. The Morgan fingerprint density at radius 1 is 1.24 bits per heavy atom. The van der Waals surface area contributed by atoms with Crippen molar-refractivity contribution in [2.24, 2.45) is 0 Å². The summed E-state index contributed by atoms with van der Waals surface area (Å²) in [7, 11) is 0. The number of rotatable bonds is 6. The maximum absolute atomic E-state index is 9.46. The Morgan fingerprint density at radius 2 is 1.88 bits per heavy atom. The molecule has 92 valence electrons. The van der Waals surface area contributed by atoms with Gasteiger partial charge in [0.25, 0.3) is 0 Å². The van der Waals surface area contributed by atoms with Crippen LogP contribution in [0.5, 0.6) is 0 Å². The molecule has 0 saturated heterocycles. The molecule has 1 N–H and O–H groups in total. The van der Waals surface area contributed by atoms with Crippen molar-refractivity contribution in [3.05, 3.63) is 29.8 Å². The lowest BCUT2D eigenvalue weighted by Gasteiger charge is -2.28. The molecule has 0 unspecified atom stereocenters. The van der Waals surface area contributed by atoms with Gasteiger partial charge in [-0.1, -0.05) is 38.8 Å². The van der Waals surface area contributed by atoms with Gasteiger partial charge >= 0.3 is 0 Å². The first kappa shape index (κ1) is 13.6. The summed E-state index contributed by atoms with van der Waals surface area (Å²) >= 11 is 0. The molecular formula is C15H22N2. The minimum atomic E-state index is -0.405. The Bertz CT molecular complexity index is 384. The molecule has 1 aromatic carbocycles. The van der Waals surface area contributed by atoms with E-state index < -0.39 is 5.54 Å². The zero-order valence-electron chi connectivity index (χ0n) is 11.1. The summed E-state index contributed by atoms with van der Waals surface area (Å²) in [6, 6.07) is 10.7. The molecule has 2 heteroatoms. The number of aryl methyl sites for hydroxylation is 1. The molecule has 0 aliphatic rings. The maximum Gasteiger partial charge on any atom is 0.125 e. The first-order valence-electron chi connectivity index (χ1n) is 6.42. The summed E-state index contributed by atoms with van der Waals surface area (Å²) in [5.74, 6) is 0. The van der Waals surface area contributed by atoms with Gasteiger partial charge < -0.3 is 5.32 Å². The zero-order chi connectivity index (χ0) is 12.7. The Hall–Kier alpha value is -1.49. The quantitative estimate of drug-likeness (QED) is 0.792. The molecule has 0 amide bonds. The van der Waals surface area contributed by atoms with Crippen LogP contribution in [0, 0.1) is 18.3 Å². The van der Waals surface area contributed by atoms with Gasteiger partial charge in [0.2, 0.25) is 0 Å². The third kappa shape index (κ3) is 3.78. The van der Waals surface area contributed by atoms with Crippen LogP contribution in [0.15, 0.2) is 24.3 Å². The van der Waals surface area contributed by atoms with E-state index in [1.54, 1.807) is 0 Å². The molecular weight excluding hydrogens is 208 g/mol. The van der Waals surface area contributed by atoms with E-state index in [0.29, 0.717) is 0 Å². The summed E-state index contributed by atoms with van der Waals surface area (Å²) in [6.45, 7) is 6.32. The summed E-state index contributed by atoms with van der Waals surface area (Å²) in [5.41, 5.74) is 1.86. The van der Waals surface area contributed by atoms with Gasteiger partial charge in [-0.3, -0.25) is 0 Å². The van der Waals surface area contributed by atoms with Gasteiger partial charge in [0.1, 0.15) is 5.54 Å². The number of nitriles is 1. The molecule has 17 heavy (non-hydrogen) atoms. The topological polar surface area (TPSA) is 35.8 Å². The molecule has 0 atom stereocenters. The monoisotopic (exact) mass is 230 g/mol. The van der Waals surface area contributed by atoms with Gasteiger partial charge in [-0.15, -0.1) is 0 Å². The summed E-state index contributed by atoms with van der Waals surface area (Å²) in [4.78, 5) is 0. The molecule has 0 radical (unpaired) electrons. The highest BCUT2D eigenvalue weighted by atomic mass is 15.0. The van der Waals surface area contributed by atoms with Crippen molar-refractivity contribution in [2.75, 3.05) is 5.32 Å². The second kappa shape index (κ2) is 6.30. The number of hydrogen-bond acceptors (Lipinski definition) is 2. The van der Waals surface area contributed by atoms with E-state index >= 15 is 0 Å². The highest BCUT2D eigenvalue weighted by Gasteiger charge is 2.27. The Kier molecular flexibility index (Phi) is 5.03. The van der Waals surface area contributed by atoms with E-state index in [2.05, 4.69) is 44.3 Å². The molecule has 0 spiro atoms. The third-order valence-corrected chi connectivity index (χ3v) is 2.97. The average molecular weight is 230 g/mol. The van der Waals surface area contributed by atoms with E-state index in [-0.39, 0.29) is 0 Å². The lowest BCUT2D eigenvalue weighted by atomic mass is 9.90. The SMILES string of the molecule is CCCC(C#N)(CCC)Nc1cccc(C)c1. The summed E-state index contributed by atoms with van der Waals surface area (Å²) in [5, 5.41) is 12.9. The van der Waals surface area contributed by atoms with Crippen LogP contribution in [0.4, 0.5) is 5.69 Å². The second-order valence-corrected chi connectivity index (χ2v) is 4.69. The summed E-state index contributed by atoms with van der Waals surface area (Å²) in [6.07, 6.45) is 3.83. The van der Waals surface area contributed by atoms with Crippen molar-refractivity contribution in [3.8, 4) is 6.07 Å². The second-order valence-electron chi connectivity index (χ2n) is 4.69. The minimum absolute atomic E-state index is 0.405.